The molecule has 3 aliphatic rings. The summed E-state index contributed by atoms with van der Waals surface area (Å²) in [5.41, 5.74) is 0.626. The van der Waals surface area contributed by atoms with Crippen molar-refractivity contribution in [2.24, 2.45) is 23.7 Å². The molecule has 3 aliphatic carbocycles. The minimum atomic E-state index is -0.510. The van der Waals surface area contributed by atoms with E-state index in [0.29, 0.717) is 5.92 Å². The molecule has 1 aromatic carbocycles. The first-order valence-corrected chi connectivity index (χ1v) is 8.95. The van der Waals surface area contributed by atoms with Crippen molar-refractivity contribution in [3.8, 4) is 5.75 Å². The van der Waals surface area contributed by atoms with Crippen LogP contribution in [0.1, 0.15) is 37.7 Å². The second-order valence-electron chi connectivity index (χ2n) is 7.30. The summed E-state index contributed by atoms with van der Waals surface area (Å²) in [6.45, 7) is 0. The Bertz CT molecular complexity index is 558. The zero-order valence-corrected chi connectivity index (χ0v) is 14.1. The Morgan fingerprint density at radius 1 is 1.33 bits per heavy atom. The standard InChI is InChI=1S/C18H23BrO2/c1-21-17-6-5-13(19)7-12(17)10-18(20)9-11-8-16(18)15-4-2-3-14(11)15/h5-7,11,14-16,20H,2-4,8-10H2,1H3. The van der Waals surface area contributed by atoms with Gasteiger partial charge in [0.2, 0.25) is 0 Å². The maximum Gasteiger partial charge on any atom is 0.122 e. The lowest BCUT2D eigenvalue weighted by atomic mass is 9.70. The maximum absolute atomic E-state index is 11.3. The fourth-order valence-corrected chi connectivity index (χ4v) is 6.06. The van der Waals surface area contributed by atoms with Crippen LogP contribution in [0.15, 0.2) is 22.7 Å². The maximum atomic E-state index is 11.3. The molecule has 114 valence electrons. The zero-order valence-electron chi connectivity index (χ0n) is 12.5. The summed E-state index contributed by atoms with van der Waals surface area (Å²) in [5.74, 6) is 3.88. The molecule has 3 saturated carbocycles. The molecule has 0 aliphatic heterocycles. The van der Waals surface area contributed by atoms with E-state index in [1.165, 1.54) is 25.7 Å². The molecule has 0 heterocycles. The lowest BCUT2D eigenvalue weighted by molar-refractivity contribution is -0.0453. The molecule has 3 fully saturated rings. The van der Waals surface area contributed by atoms with Crippen molar-refractivity contribution in [3.05, 3.63) is 28.2 Å². The molecule has 3 heteroatoms. The Morgan fingerprint density at radius 3 is 2.95 bits per heavy atom. The summed E-state index contributed by atoms with van der Waals surface area (Å²) in [5, 5.41) is 11.3. The molecule has 2 bridgehead atoms. The summed E-state index contributed by atoms with van der Waals surface area (Å²) in [6.07, 6.45) is 7.10. The van der Waals surface area contributed by atoms with Crippen LogP contribution in [-0.2, 0) is 6.42 Å². The minimum absolute atomic E-state index is 0.510. The largest absolute Gasteiger partial charge is 0.496 e. The molecule has 0 amide bonds. The van der Waals surface area contributed by atoms with E-state index < -0.39 is 5.60 Å². The average Bonchev–Trinajstić information content (AvgIpc) is 3.09. The van der Waals surface area contributed by atoms with Crippen LogP contribution in [0, 0.1) is 23.7 Å². The van der Waals surface area contributed by atoms with Gasteiger partial charge in [0.25, 0.3) is 0 Å². The Kier molecular flexibility index (Phi) is 3.34. The van der Waals surface area contributed by atoms with Crippen LogP contribution in [0.25, 0.3) is 0 Å². The van der Waals surface area contributed by atoms with Gasteiger partial charge >= 0.3 is 0 Å². The van der Waals surface area contributed by atoms with E-state index in [9.17, 15) is 5.11 Å². The third kappa shape index (κ3) is 2.16. The Balaban J connectivity index is 1.61. The number of hydrogen-bond acceptors (Lipinski definition) is 2. The van der Waals surface area contributed by atoms with Crippen LogP contribution in [-0.4, -0.2) is 17.8 Å². The van der Waals surface area contributed by atoms with Crippen molar-refractivity contribution in [1.29, 1.82) is 0 Å². The zero-order chi connectivity index (χ0) is 14.6. The summed E-state index contributed by atoms with van der Waals surface area (Å²) in [7, 11) is 1.71. The SMILES string of the molecule is COc1ccc(Br)cc1CC1(O)CC2CC1C1CCCC21. The quantitative estimate of drug-likeness (QED) is 0.885. The summed E-state index contributed by atoms with van der Waals surface area (Å²) >= 11 is 3.54. The first-order valence-electron chi connectivity index (χ1n) is 8.15. The summed E-state index contributed by atoms with van der Waals surface area (Å²) in [4.78, 5) is 0. The van der Waals surface area contributed by atoms with Gasteiger partial charge < -0.3 is 9.84 Å². The molecule has 4 rings (SSSR count). The van der Waals surface area contributed by atoms with Gasteiger partial charge in [-0.05, 0) is 73.1 Å². The first-order chi connectivity index (χ1) is 10.1. The van der Waals surface area contributed by atoms with E-state index in [2.05, 4.69) is 22.0 Å². The van der Waals surface area contributed by atoms with Gasteiger partial charge in [0.1, 0.15) is 5.75 Å². The number of hydrogen-bond donors (Lipinski definition) is 1. The lowest BCUT2D eigenvalue weighted by Crippen LogP contribution is -2.43. The van der Waals surface area contributed by atoms with Gasteiger partial charge in [-0.3, -0.25) is 0 Å². The molecule has 1 N–H and O–H groups in total. The number of ether oxygens (including phenoxy) is 1. The Morgan fingerprint density at radius 2 is 2.14 bits per heavy atom. The number of fused-ring (bicyclic) bond motifs is 5. The van der Waals surface area contributed by atoms with Gasteiger partial charge in [-0.2, -0.15) is 0 Å². The van der Waals surface area contributed by atoms with Gasteiger partial charge in [-0.1, -0.05) is 22.4 Å². The second-order valence-corrected chi connectivity index (χ2v) is 8.22. The Hall–Kier alpha value is -0.540. The number of methoxy groups -OCH3 is 1. The molecular formula is C18H23BrO2. The Labute approximate surface area is 135 Å². The summed E-state index contributed by atoms with van der Waals surface area (Å²) in [6, 6.07) is 6.10. The normalized spacial score (nSPS) is 40.5. The highest BCUT2D eigenvalue weighted by Crippen LogP contribution is 2.63. The van der Waals surface area contributed by atoms with Gasteiger partial charge in [-0.15, -0.1) is 0 Å². The van der Waals surface area contributed by atoms with Gasteiger partial charge in [-0.25, -0.2) is 0 Å². The number of rotatable bonds is 3. The second kappa shape index (κ2) is 4.99. The van der Waals surface area contributed by atoms with Crippen LogP contribution in [0.2, 0.25) is 0 Å². The van der Waals surface area contributed by atoms with E-state index in [1.807, 2.05) is 12.1 Å². The van der Waals surface area contributed by atoms with Gasteiger partial charge in [0.15, 0.2) is 0 Å². The number of aliphatic hydroxyl groups is 1. The fourth-order valence-electron chi connectivity index (χ4n) is 5.65. The van der Waals surface area contributed by atoms with E-state index in [-0.39, 0.29) is 0 Å². The molecule has 0 saturated heterocycles. The summed E-state index contributed by atoms with van der Waals surface area (Å²) < 4.78 is 6.55. The smallest absolute Gasteiger partial charge is 0.122 e. The van der Waals surface area contributed by atoms with Crippen LogP contribution < -0.4 is 4.74 Å². The van der Waals surface area contributed by atoms with Crippen molar-refractivity contribution in [3.63, 3.8) is 0 Å². The minimum Gasteiger partial charge on any atom is -0.496 e. The molecule has 5 unspecified atom stereocenters. The van der Waals surface area contributed by atoms with Crippen LogP contribution >= 0.6 is 15.9 Å². The van der Waals surface area contributed by atoms with Crippen molar-refractivity contribution < 1.29 is 9.84 Å². The molecule has 0 spiro atoms. The molecule has 0 aromatic heterocycles. The topological polar surface area (TPSA) is 29.5 Å². The van der Waals surface area contributed by atoms with E-state index in [0.717, 1.165) is 46.4 Å². The molecule has 0 radical (unpaired) electrons. The number of benzene rings is 1. The van der Waals surface area contributed by atoms with Crippen molar-refractivity contribution in [2.45, 2.75) is 44.1 Å². The van der Waals surface area contributed by atoms with Gasteiger partial charge in [0, 0.05) is 10.9 Å². The van der Waals surface area contributed by atoms with Crippen LogP contribution in [0.5, 0.6) is 5.75 Å². The third-order valence-electron chi connectivity index (χ3n) is 6.35. The molecule has 21 heavy (non-hydrogen) atoms. The van der Waals surface area contributed by atoms with E-state index in [4.69, 9.17) is 4.74 Å². The number of halogens is 1. The van der Waals surface area contributed by atoms with E-state index >= 15 is 0 Å². The first kappa shape index (κ1) is 14.1. The third-order valence-corrected chi connectivity index (χ3v) is 6.84. The molecular weight excluding hydrogens is 328 g/mol. The predicted molar refractivity (Wildman–Crippen MR) is 86.4 cm³/mol. The van der Waals surface area contributed by atoms with E-state index in [1.54, 1.807) is 7.11 Å². The monoisotopic (exact) mass is 350 g/mol. The average molecular weight is 351 g/mol. The van der Waals surface area contributed by atoms with Crippen LogP contribution in [0.4, 0.5) is 0 Å². The van der Waals surface area contributed by atoms with Gasteiger partial charge in [0.05, 0.1) is 12.7 Å². The lowest BCUT2D eigenvalue weighted by Gasteiger charge is -2.39. The highest BCUT2D eigenvalue weighted by atomic mass is 79.9. The fraction of sp³-hybridized carbons (Fsp3) is 0.667. The highest BCUT2D eigenvalue weighted by Gasteiger charge is 2.60. The van der Waals surface area contributed by atoms with Crippen molar-refractivity contribution >= 4 is 15.9 Å². The van der Waals surface area contributed by atoms with Crippen molar-refractivity contribution in [1.82, 2.24) is 0 Å². The molecule has 2 nitrogen and oxygen atoms in total. The van der Waals surface area contributed by atoms with Crippen molar-refractivity contribution in [2.75, 3.05) is 7.11 Å². The van der Waals surface area contributed by atoms with Crippen LogP contribution in [0.3, 0.4) is 0 Å². The molecule has 5 atom stereocenters. The molecule has 1 aromatic rings. The predicted octanol–water partition coefficient (Wildman–Crippen LogP) is 4.19. The highest BCUT2D eigenvalue weighted by molar-refractivity contribution is 9.10.